The quantitative estimate of drug-likeness (QED) is 0.293. The van der Waals surface area contributed by atoms with Gasteiger partial charge in [-0.05, 0) is 37.5 Å². The Balaban J connectivity index is 0.00000441. The standard InChI is InChI=1S/C16H27N3OS.HI/c1-14-6-8-15(9-7-14)20-12-11-19(3)16(17-2)18-10-5-13-21-4;/h6-9H,5,10-13H2,1-4H3,(H,17,18);1H. The number of hydrogen-bond acceptors (Lipinski definition) is 3. The highest BCUT2D eigenvalue weighted by Crippen LogP contribution is 2.11. The largest absolute Gasteiger partial charge is 0.492 e. The first-order chi connectivity index (χ1) is 10.2. The fourth-order valence-corrected chi connectivity index (χ4v) is 2.28. The van der Waals surface area contributed by atoms with Crippen LogP contribution in [0, 0.1) is 6.92 Å². The molecule has 0 spiro atoms. The van der Waals surface area contributed by atoms with Crippen LogP contribution in [0.5, 0.6) is 5.75 Å². The number of likely N-dealkylation sites (N-methyl/N-ethyl adjacent to an activating group) is 1. The van der Waals surface area contributed by atoms with Crippen LogP contribution < -0.4 is 10.1 Å². The molecule has 0 aliphatic heterocycles. The molecule has 0 unspecified atom stereocenters. The van der Waals surface area contributed by atoms with Crippen molar-refractivity contribution in [3.63, 3.8) is 0 Å². The Labute approximate surface area is 156 Å². The molecule has 0 aromatic heterocycles. The fourth-order valence-electron chi connectivity index (χ4n) is 1.84. The first-order valence-electron chi connectivity index (χ1n) is 7.27. The molecule has 0 amide bonds. The third-order valence-electron chi connectivity index (χ3n) is 3.10. The second-order valence-corrected chi connectivity index (χ2v) is 5.89. The van der Waals surface area contributed by atoms with Gasteiger partial charge in [-0.2, -0.15) is 11.8 Å². The van der Waals surface area contributed by atoms with E-state index in [1.165, 1.54) is 11.3 Å². The van der Waals surface area contributed by atoms with E-state index < -0.39 is 0 Å². The predicted molar refractivity (Wildman–Crippen MR) is 109 cm³/mol. The number of benzene rings is 1. The molecule has 4 nitrogen and oxygen atoms in total. The lowest BCUT2D eigenvalue weighted by atomic mass is 10.2. The Kier molecular flexibility index (Phi) is 12.5. The van der Waals surface area contributed by atoms with Crippen LogP contribution in [0.25, 0.3) is 0 Å². The van der Waals surface area contributed by atoms with E-state index in [0.29, 0.717) is 6.61 Å². The summed E-state index contributed by atoms with van der Waals surface area (Å²) in [5.74, 6) is 3.00. The van der Waals surface area contributed by atoms with Crippen LogP contribution in [-0.2, 0) is 0 Å². The van der Waals surface area contributed by atoms with E-state index in [2.05, 4.69) is 40.5 Å². The minimum Gasteiger partial charge on any atom is -0.492 e. The van der Waals surface area contributed by atoms with Gasteiger partial charge in [-0.1, -0.05) is 17.7 Å². The average Bonchev–Trinajstić information content (AvgIpc) is 2.49. The van der Waals surface area contributed by atoms with E-state index in [4.69, 9.17) is 4.74 Å². The summed E-state index contributed by atoms with van der Waals surface area (Å²) in [5, 5.41) is 3.37. The Hall–Kier alpha value is -0.630. The van der Waals surface area contributed by atoms with Crippen LogP contribution in [0.2, 0.25) is 0 Å². The molecule has 0 bridgehead atoms. The highest BCUT2D eigenvalue weighted by molar-refractivity contribution is 14.0. The molecule has 0 aliphatic rings. The summed E-state index contributed by atoms with van der Waals surface area (Å²) in [4.78, 5) is 6.38. The van der Waals surface area contributed by atoms with E-state index in [-0.39, 0.29) is 24.0 Å². The summed E-state index contributed by atoms with van der Waals surface area (Å²) < 4.78 is 5.74. The summed E-state index contributed by atoms with van der Waals surface area (Å²) >= 11 is 1.87. The monoisotopic (exact) mass is 437 g/mol. The van der Waals surface area contributed by atoms with Gasteiger partial charge in [0.1, 0.15) is 12.4 Å². The van der Waals surface area contributed by atoms with Gasteiger partial charge in [-0.15, -0.1) is 24.0 Å². The zero-order valence-electron chi connectivity index (χ0n) is 14.0. The molecule has 1 aromatic carbocycles. The van der Waals surface area contributed by atoms with Crippen LogP contribution in [-0.4, -0.2) is 56.7 Å². The van der Waals surface area contributed by atoms with Crippen LogP contribution in [0.1, 0.15) is 12.0 Å². The Bertz CT molecular complexity index is 426. The van der Waals surface area contributed by atoms with Gasteiger partial charge >= 0.3 is 0 Å². The highest BCUT2D eigenvalue weighted by atomic mass is 127. The predicted octanol–water partition coefficient (Wildman–Crippen LogP) is 3.25. The van der Waals surface area contributed by atoms with E-state index in [9.17, 15) is 0 Å². The van der Waals surface area contributed by atoms with Gasteiger partial charge in [0, 0.05) is 20.6 Å². The van der Waals surface area contributed by atoms with Gasteiger partial charge in [-0.3, -0.25) is 4.99 Å². The molecule has 1 aromatic rings. The van der Waals surface area contributed by atoms with E-state index in [1.54, 1.807) is 0 Å². The first kappa shape index (κ1) is 21.4. The van der Waals surface area contributed by atoms with Crippen LogP contribution in [0.3, 0.4) is 0 Å². The summed E-state index contributed by atoms with van der Waals surface area (Å²) in [6.45, 7) is 4.47. The van der Waals surface area contributed by atoms with Gasteiger partial charge in [0.05, 0.1) is 6.54 Å². The van der Waals surface area contributed by atoms with Crippen LogP contribution in [0.15, 0.2) is 29.3 Å². The topological polar surface area (TPSA) is 36.9 Å². The lowest BCUT2D eigenvalue weighted by molar-refractivity contribution is 0.281. The molecule has 1 N–H and O–H groups in total. The second-order valence-electron chi connectivity index (χ2n) is 4.90. The van der Waals surface area contributed by atoms with E-state index >= 15 is 0 Å². The van der Waals surface area contributed by atoms with Crippen molar-refractivity contribution in [2.75, 3.05) is 45.8 Å². The van der Waals surface area contributed by atoms with Gasteiger partial charge < -0.3 is 15.0 Å². The van der Waals surface area contributed by atoms with Crippen molar-refractivity contribution in [2.45, 2.75) is 13.3 Å². The molecule has 0 saturated heterocycles. The maximum Gasteiger partial charge on any atom is 0.193 e. The highest BCUT2D eigenvalue weighted by Gasteiger charge is 2.05. The molecule has 0 aliphatic carbocycles. The number of rotatable bonds is 8. The first-order valence-corrected chi connectivity index (χ1v) is 8.67. The third kappa shape index (κ3) is 8.73. The van der Waals surface area contributed by atoms with Gasteiger partial charge in [-0.25, -0.2) is 0 Å². The second kappa shape index (κ2) is 12.9. The maximum atomic E-state index is 5.74. The molecular formula is C16H28IN3OS. The summed E-state index contributed by atoms with van der Waals surface area (Å²) in [6.07, 6.45) is 3.28. The maximum absolute atomic E-state index is 5.74. The molecule has 126 valence electrons. The van der Waals surface area contributed by atoms with Crippen LogP contribution >= 0.6 is 35.7 Å². The SMILES string of the molecule is CN=C(NCCCSC)N(C)CCOc1ccc(C)cc1.I. The van der Waals surface area contributed by atoms with Crippen molar-refractivity contribution in [3.05, 3.63) is 29.8 Å². The zero-order chi connectivity index (χ0) is 15.5. The van der Waals surface area contributed by atoms with Crippen molar-refractivity contribution in [2.24, 2.45) is 4.99 Å². The summed E-state index contributed by atoms with van der Waals surface area (Å²) in [7, 11) is 3.84. The molecule has 6 heteroatoms. The van der Waals surface area contributed by atoms with Crippen molar-refractivity contribution < 1.29 is 4.74 Å². The molecule has 0 heterocycles. The number of guanidine groups is 1. The third-order valence-corrected chi connectivity index (χ3v) is 3.80. The molecule has 0 saturated carbocycles. The number of aliphatic imine (C=N–C) groups is 1. The van der Waals surface area contributed by atoms with E-state index in [1.807, 2.05) is 38.0 Å². The summed E-state index contributed by atoms with van der Waals surface area (Å²) in [5.41, 5.74) is 1.24. The molecule has 0 radical (unpaired) electrons. The Morgan fingerprint density at radius 2 is 2.00 bits per heavy atom. The minimum atomic E-state index is 0. The number of ether oxygens (including phenoxy) is 1. The molecule has 1 rings (SSSR count). The van der Waals surface area contributed by atoms with Gasteiger partial charge in [0.25, 0.3) is 0 Å². The Morgan fingerprint density at radius 3 is 2.59 bits per heavy atom. The Morgan fingerprint density at radius 1 is 1.32 bits per heavy atom. The van der Waals surface area contributed by atoms with Crippen molar-refractivity contribution in [1.29, 1.82) is 0 Å². The van der Waals surface area contributed by atoms with Crippen molar-refractivity contribution in [1.82, 2.24) is 10.2 Å². The van der Waals surface area contributed by atoms with Gasteiger partial charge in [0.2, 0.25) is 0 Å². The van der Waals surface area contributed by atoms with E-state index in [0.717, 1.165) is 31.2 Å². The van der Waals surface area contributed by atoms with Crippen molar-refractivity contribution >= 4 is 41.7 Å². The number of nitrogens with zero attached hydrogens (tertiary/aromatic N) is 2. The lowest BCUT2D eigenvalue weighted by Gasteiger charge is -2.22. The fraction of sp³-hybridized carbons (Fsp3) is 0.562. The zero-order valence-corrected chi connectivity index (χ0v) is 17.1. The number of nitrogens with one attached hydrogen (secondary N) is 1. The normalized spacial score (nSPS) is 10.8. The average molecular weight is 437 g/mol. The minimum absolute atomic E-state index is 0. The molecular weight excluding hydrogens is 409 g/mol. The van der Waals surface area contributed by atoms with Crippen molar-refractivity contribution in [3.8, 4) is 5.75 Å². The van der Waals surface area contributed by atoms with Crippen LogP contribution in [0.4, 0.5) is 0 Å². The molecule has 22 heavy (non-hydrogen) atoms. The number of aryl methyl sites for hydroxylation is 1. The number of hydrogen-bond donors (Lipinski definition) is 1. The number of thioether (sulfide) groups is 1. The summed E-state index contributed by atoms with van der Waals surface area (Å²) in [6, 6.07) is 8.13. The lowest BCUT2D eigenvalue weighted by Crippen LogP contribution is -2.41. The smallest absolute Gasteiger partial charge is 0.193 e. The van der Waals surface area contributed by atoms with Gasteiger partial charge in [0.15, 0.2) is 5.96 Å². The molecule has 0 atom stereocenters. The number of halogens is 1. The molecule has 0 fully saturated rings.